The number of benzene rings is 2. The lowest BCUT2D eigenvalue weighted by Crippen LogP contribution is -2.00. The predicted octanol–water partition coefficient (Wildman–Crippen LogP) is 3.81. The molecule has 0 aliphatic heterocycles. The zero-order chi connectivity index (χ0) is 12.3. The number of halogens is 1. The van der Waals surface area contributed by atoms with Crippen molar-refractivity contribution >= 4 is 5.78 Å². The highest BCUT2D eigenvalue weighted by atomic mass is 19.1. The minimum absolute atomic E-state index is 0.420. The van der Waals surface area contributed by atoms with E-state index in [1.54, 1.807) is 12.1 Å². The van der Waals surface area contributed by atoms with Gasteiger partial charge in [-0.1, -0.05) is 54.1 Å². The Kier molecular flexibility index (Phi) is 3.33. The molecule has 0 atom stereocenters. The molecule has 2 rings (SSSR count). The molecule has 0 fully saturated rings. The molecule has 0 aromatic heterocycles. The molecule has 2 heteroatoms. The van der Waals surface area contributed by atoms with Gasteiger partial charge in [0, 0.05) is 5.56 Å². The van der Waals surface area contributed by atoms with Crippen molar-refractivity contribution in [3.05, 3.63) is 59.7 Å². The third kappa shape index (κ3) is 2.59. The summed E-state index contributed by atoms with van der Waals surface area (Å²) in [5, 5.41) is 0. The van der Waals surface area contributed by atoms with Gasteiger partial charge in [-0.2, -0.15) is 0 Å². The Morgan fingerprint density at radius 1 is 0.941 bits per heavy atom. The first-order valence-electron chi connectivity index (χ1n) is 5.47. The number of Topliss-reactive ketones (excluding diaryl/α,β-unsaturated/α-hetero) is 1. The Labute approximate surface area is 99.9 Å². The summed E-state index contributed by atoms with van der Waals surface area (Å²) in [5.74, 6) is -0.472. The van der Waals surface area contributed by atoms with Gasteiger partial charge in [0.05, 0.1) is 0 Å². The fourth-order valence-electron chi connectivity index (χ4n) is 1.67. The van der Waals surface area contributed by atoms with E-state index >= 15 is 0 Å². The number of carbonyl (C=O) groups is 1. The standard InChI is InChI=1S/C15H13FO/c1-11-2-4-12(5-3-11)13-6-8-14(9-7-13)15(17)10-16/h2-9H,10H2,1H3. The van der Waals surface area contributed by atoms with Gasteiger partial charge in [0.2, 0.25) is 0 Å². The van der Waals surface area contributed by atoms with Crippen LogP contribution in [0.4, 0.5) is 4.39 Å². The molecule has 0 spiro atoms. The van der Waals surface area contributed by atoms with Crippen LogP contribution in [0.15, 0.2) is 48.5 Å². The van der Waals surface area contributed by atoms with Gasteiger partial charge in [0.25, 0.3) is 0 Å². The second-order valence-electron chi connectivity index (χ2n) is 4.00. The first-order valence-corrected chi connectivity index (χ1v) is 5.47. The van der Waals surface area contributed by atoms with E-state index < -0.39 is 12.5 Å². The molecule has 2 aromatic rings. The van der Waals surface area contributed by atoms with Gasteiger partial charge in [-0.25, -0.2) is 4.39 Å². The van der Waals surface area contributed by atoms with Gasteiger partial charge >= 0.3 is 0 Å². The minimum atomic E-state index is -0.941. The quantitative estimate of drug-likeness (QED) is 0.730. The zero-order valence-corrected chi connectivity index (χ0v) is 9.61. The Bertz CT molecular complexity index is 512. The first kappa shape index (κ1) is 11.5. The Balaban J connectivity index is 2.29. The molecular weight excluding hydrogens is 215 g/mol. The maximum Gasteiger partial charge on any atom is 0.193 e. The molecule has 0 radical (unpaired) electrons. The molecule has 0 amide bonds. The molecule has 0 aliphatic rings. The number of aryl methyl sites for hydroxylation is 1. The number of alkyl halides is 1. The fraction of sp³-hybridized carbons (Fsp3) is 0.133. The van der Waals surface area contributed by atoms with Crippen LogP contribution in [-0.4, -0.2) is 12.5 Å². The lowest BCUT2D eigenvalue weighted by Gasteiger charge is -2.03. The van der Waals surface area contributed by atoms with Gasteiger partial charge in [-0.3, -0.25) is 4.79 Å². The van der Waals surface area contributed by atoms with E-state index in [0.717, 1.165) is 11.1 Å². The zero-order valence-electron chi connectivity index (χ0n) is 9.61. The summed E-state index contributed by atoms with van der Waals surface area (Å²) >= 11 is 0. The Morgan fingerprint density at radius 3 is 1.88 bits per heavy atom. The van der Waals surface area contributed by atoms with Crippen LogP contribution in [0.3, 0.4) is 0 Å². The number of ketones is 1. The highest BCUT2D eigenvalue weighted by Gasteiger charge is 2.04. The second kappa shape index (κ2) is 4.91. The molecule has 0 N–H and O–H groups in total. The summed E-state index contributed by atoms with van der Waals surface area (Å²) in [6.45, 7) is 1.09. The normalized spacial score (nSPS) is 10.2. The lowest BCUT2D eigenvalue weighted by atomic mass is 10.0. The summed E-state index contributed by atoms with van der Waals surface area (Å²) in [7, 11) is 0. The van der Waals surface area contributed by atoms with Gasteiger partial charge in [-0.05, 0) is 18.1 Å². The van der Waals surface area contributed by atoms with E-state index in [4.69, 9.17) is 0 Å². The molecular formula is C15H13FO. The molecule has 86 valence electrons. The maximum atomic E-state index is 12.2. The average Bonchev–Trinajstić information content (AvgIpc) is 2.39. The van der Waals surface area contributed by atoms with Crippen LogP contribution in [0, 0.1) is 6.92 Å². The van der Waals surface area contributed by atoms with Crippen molar-refractivity contribution in [2.24, 2.45) is 0 Å². The summed E-state index contributed by atoms with van der Waals surface area (Å²) in [5.41, 5.74) is 3.75. The van der Waals surface area contributed by atoms with Crippen molar-refractivity contribution in [2.45, 2.75) is 6.92 Å². The van der Waals surface area contributed by atoms with E-state index in [2.05, 4.69) is 0 Å². The van der Waals surface area contributed by atoms with Crippen LogP contribution in [0.1, 0.15) is 15.9 Å². The molecule has 17 heavy (non-hydrogen) atoms. The van der Waals surface area contributed by atoms with Crippen LogP contribution in [-0.2, 0) is 0 Å². The third-order valence-electron chi connectivity index (χ3n) is 2.71. The Hall–Kier alpha value is -1.96. The van der Waals surface area contributed by atoms with Crippen molar-refractivity contribution in [3.63, 3.8) is 0 Å². The molecule has 0 bridgehead atoms. The van der Waals surface area contributed by atoms with Crippen molar-refractivity contribution in [1.29, 1.82) is 0 Å². The predicted molar refractivity (Wildman–Crippen MR) is 66.9 cm³/mol. The summed E-state index contributed by atoms with van der Waals surface area (Å²) < 4.78 is 12.2. The topological polar surface area (TPSA) is 17.1 Å². The largest absolute Gasteiger partial charge is 0.291 e. The summed E-state index contributed by atoms with van der Waals surface area (Å²) in [4.78, 5) is 11.1. The van der Waals surface area contributed by atoms with E-state index in [-0.39, 0.29) is 0 Å². The third-order valence-corrected chi connectivity index (χ3v) is 2.71. The Morgan fingerprint density at radius 2 is 1.41 bits per heavy atom. The number of hydrogen-bond acceptors (Lipinski definition) is 1. The van der Waals surface area contributed by atoms with Crippen LogP contribution in [0.25, 0.3) is 11.1 Å². The smallest absolute Gasteiger partial charge is 0.193 e. The minimum Gasteiger partial charge on any atom is -0.291 e. The van der Waals surface area contributed by atoms with Gasteiger partial charge < -0.3 is 0 Å². The highest BCUT2D eigenvalue weighted by Crippen LogP contribution is 2.20. The number of rotatable bonds is 3. The van der Waals surface area contributed by atoms with Crippen LogP contribution in [0.5, 0.6) is 0 Å². The van der Waals surface area contributed by atoms with Crippen molar-refractivity contribution in [1.82, 2.24) is 0 Å². The second-order valence-corrected chi connectivity index (χ2v) is 4.00. The van der Waals surface area contributed by atoms with E-state index in [1.165, 1.54) is 5.56 Å². The molecule has 0 heterocycles. The molecule has 1 nitrogen and oxygen atoms in total. The van der Waals surface area contributed by atoms with Gasteiger partial charge in [-0.15, -0.1) is 0 Å². The lowest BCUT2D eigenvalue weighted by molar-refractivity contribution is 0.0958. The molecule has 0 saturated carbocycles. The fourth-order valence-corrected chi connectivity index (χ4v) is 1.67. The summed E-state index contributed by atoms with van der Waals surface area (Å²) in [6, 6.07) is 15.1. The monoisotopic (exact) mass is 228 g/mol. The molecule has 0 saturated heterocycles. The number of carbonyl (C=O) groups excluding carboxylic acids is 1. The maximum absolute atomic E-state index is 12.2. The van der Waals surface area contributed by atoms with E-state index in [9.17, 15) is 9.18 Å². The van der Waals surface area contributed by atoms with Crippen LogP contribution >= 0.6 is 0 Å². The van der Waals surface area contributed by atoms with Crippen molar-refractivity contribution in [3.8, 4) is 11.1 Å². The van der Waals surface area contributed by atoms with Gasteiger partial charge in [0.1, 0.15) is 0 Å². The summed E-state index contributed by atoms with van der Waals surface area (Å²) in [6.07, 6.45) is 0. The highest BCUT2D eigenvalue weighted by molar-refractivity contribution is 5.97. The van der Waals surface area contributed by atoms with Crippen LogP contribution in [0.2, 0.25) is 0 Å². The molecule has 0 unspecified atom stereocenters. The SMILES string of the molecule is Cc1ccc(-c2ccc(C(=O)CF)cc2)cc1. The van der Waals surface area contributed by atoms with E-state index in [1.807, 2.05) is 43.3 Å². The van der Waals surface area contributed by atoms with Crippen molar-refractivity contribution < 1.29 is 9.18 Å². The molecule has 0 aliphatic carbocycles. The average molecular weight is 228 g/mol. The van der Waals surface area contributed by atoms with Crippen LogP contribution < -0.4 is 0 Å². The van der Waals surface area contributed by atoms with Gasteiger partial charge in [0.15, 0.2) is 12.5 Å². The first-order chi connectivity index (χ1) is 8.20. The van der Waals surface area contributed by atoms with Crippen molar-refractivity contribution in [2.75, 3.05) is 6.67 Å². The molecule has 2 aromatic carbocycles. The van der Waals surface area contributed by atoms with E-state index in [0.29, 0.717) is 5.56 Å². The number of hydrogen-bond donors (Lipinski definition) is 0.